The number of ether oxygens (including phenoxy) is 1. The van der Waals surface area contributed by atoms with Crippen LogP contribution in [0.4, 0.5) is 10.8 Å². The summed E-state index contributed by atoms with van der Waals surface area (Å²) in [6, 6.07) is 10.1. The lowest BCUT2D eigenvalue weighted by atomic mass is 10.2. The van der Waals surface area contributed by atoms with Crippen LogP contribution in [-0.2, 0) is 4.79 Å². The molecule has 0 bridgehead atoms. The first-order chi connectivity index (χ1) is 14.0. The lowest BCUT2D eigenvalue weighted by Gasteiger charge is -2.06. The highest BCUT2D eigenvalue weighted by molar-refractivity contribution is 7.15. The van der Waals surface area contributed by atoms with Crippen molar-refractivity contribution in [2.24, 2.45) is 0 Å². The maximum Gasteiger partial charge on any atom is 0.286 e. The van der Waals surface area contributed by atoms with Crippen LogP contribution in [0.25, 0.3) is 16.9 Å². The molecule has 0 aliphatic carbocycles. The van der Waals surface area contributed by atoms with Crippen molar-refractivity contribution in [1.82, 2.24) is 19.6 Å². The smallest absolute Gasteiger partial charge is 0.286 e. The number of amides is 1. The fraction of sp³-hybridized carbons (Fsp3) is 0.111. The second-order valence-electron chi connectivity index (χ2n) is 6.02. The molecule has 1 amide bonds. The average molecular weight is 410 g/mol. The number of pyridine rings is 1. The van der Waals surface area contributed by atoms with Crippen LogP contribution < -0.4 is 10.1 Å². The topological polar surface area (TPSA) is 125 Å². The van der Waals surface area contributed by atoms with E-state index in [0.717, 1.165) is 10.6 Å². The number of nitro groups is 1. The van der Waals surface area contributed by atoms with E-state index in [1.807, 2.05) is 0 Å². The molecule has 4 aromatic rings. The predicted molar refractivity (Wildman–Crippen MR) is 106 cm³/mol. The van der Waals surface area contributed by atoms with Crippen LogP contribution >= 0.6 is 11.3 Å². The molecule has 0 saturated carbocycles. The molecular weight excluding hydrogens is 396 g/mol. The van der Waals surface area contributed by atoms with Gasteiger partial charge in [-0.2, -0.15) is 0 Å². The molecule has 146 valence electrons. The maximum atomic E-state index is 11.9. The number of carbonyl (C=O) groups is 1. The number of hydrogen-bond donors (Lipinski definition) is 1. The molecule has 0 atom stereocenters. The number of rotatable bonds is 6. The third-order valence-corrected chi connectivity index (χ3v) is 4.69. The summed E-state index contributed by atoms with van der Waals surface area (Å²) in [6.07, 6.45) is 3.14. The monoisotopic (exact) mass is 410 g/mol. The van der Waals surface area contributed by atoms with Gasteiger partial charge in [0.2, 0.25) is 5.13 Å². The normalized spacial score (nSPS) is 10.8. The van der Waals surface area contributed by atoms with Crippen molar-refractivity contribution in [3.63, 3.8) is 0 Å². The van der Waals surface area contributed by atoms with Gasteiger partial charge in [-0.25, -0.2) is 4.98 Å². The second-order valence-corrected chi connectivity index (χ2v) is 7.21. The number of nitrogens with zero attached hydrogens (tertiary/aromatic N) is 5. The lowest BCUT2D eigenvalue weighted by Crippen LogP contribution is -2.20. The van der Waals surface area contributed by atoms with E-state index < -0.39 is 4.92 Å². The Morgan fingerprint density at radius 1 is 1.21 bits per heavy atom. The summed E-state index contributed by atoms with van der Waals surface area (Å²) >= 11 is 1.29. The number of anilines is 1. The van der Waals surface area contributed by atoms with Crippen molar-refractivity contribution in [2.45, 2.75) is 6.92 Å². The SMILES string of the molecule is Cc1nnc(NC(=O)COc2ccc(-c3cn4cc([N+](=O)[O-])ccc4n3)cc2)s1. The molecule has 0 saturated heterocycles. The summed E-state index contributed by atoms with van der Waals surface area (Å²) in [6.45, 7) is 1.64. The van der Waals surface area contributed by atoms with E-state index in [0.29, 0.717) is 22.2 Å². The van der Waals surface area contributed by atoms with E-state index >= 15 is 0 Å². The van der Waals surface area contributed by atoms with E-state index in [2.05, 4.69) is 20.5 Å². The van der Waals surface area contributed by atoms with Crippen LogP contribution in [-0.4, -0.2) is 37.0 Å². The number of carbonyl (C=O) groups excluding carboxylic acids is 1. The first-order valence-electron chi connectivity index (χ1n) is 8.44. The first-order valence-corrected chi connectivity index (χ1v) is 9.26. The highest BCUT2D eigenvalue weighted by Crippen LogP contribution is 2.23. The Bertz CT molecular complexity index is 1200. The van der Waals surface area contributed by atoms with Crippen LogP contribution in [0.1, 0.15) is 5.01 Å². The zero-order chi connectivity index (χ0) is 20.4. The fourth-order valence-corrected chi connectivity index (χ4v) is 3.21. The van der Waals surface area contributed by atoms with Crippen molar-refractivity contribution in [2.75, 3.05) is 11.9 Å². The van der Waals surface area contributed by atoms with Gasteiger partial charge in [-0.3, -0.25) is 24.6 Å². The minimum Gasteiger partial charge on any atom is -0.484 e. The van der Waals surface area contributed by atoms with Gasteiger partial charge in [-0.15, -0.1) is 10.2 Å². The van der Waals surface area contributed by atoms with E-state index in [4.69, 9.17) is 4.74 Å². The zero-order valence-electron chi connectivity index (χ0n) is 15.1. The predicted octanol–water partition coefficient (Wildman–Crippen LogP) is 3.09. The molecule has 1 aromatic carbocycles. The van der Waals surface area contributed by atoms with Crippen molar-refractivity contribution in [1.29, 1.82) is 0 Å². The molecule has 0 fully saturated rings. The van der Waals surface area contributed by atoms with Gasteiger partial charge >= 0.3 is 0 Å². The summed E-state index contributed by atoms with van der Waals surface area (Å²) < 4.78 is 7.09. The zero-order valence-corrected chi connectivity index (χ0v) is 15.9. The lowest BCUT2D eigenvalue weighted by molar-refractivity contribution is -0.385. The Labute approximate surface area is 168 Å². The summed E-state index contributed by atoms with van der Waals surface area (Å²) in [4.78, 5) is 26.8. The summed E-state index contributed by atoms with van der Waals surface area (Å²) in [7, 11) is 0. The van der Waals surface area contributed by atoms with E-state index in [1.54, 1.807) is 47.9 Å². The van der Waals surface area contributed by atoms with Gasteiger partial charge in [0, 0.05) is 17.8 Å². The standard InChI is InChI=1S/C18H14N6O4S/c1-11-21-22-18(29-11)20-17(25)10-28-14-5-2-12(3-6-14)15-9-23-8-13(24(26)27)4-7-16(23)19-15/h2-9H,10H2,1H3,(H,20,22,25). The highest BCUT2D eigenvalue weighted by atomic mass is 32.1. The Morgan fingerprint density at radius 2 is 2.00 bits per heavy atom. The van der Waals surface area contributed by atoms with Crippen molar-refractivity contribution in [3.8, 4) is 17.0 Å². The minimum atomic E-state index is -0.451. The van der Waals surface area contributed by atoms with Gasteiger partial charge in [-0.1, -0.05) is 11.3 Å². The Kier molecular flexibility index (Phi) is 4.87. The third-order valence-electron chi connectivity index (χ3n) is 3.94. The van der Waals surface area contributed by atoms with Crippen LogP contribution in [0.3, 0.4) is 0 Å². The van der Waals surface area contributed by atoms with Gasteiger partial charge in [0.1, 0.15) is 16.4 Å². The number of hydrogen-bond acceptors (Lipinski definition) is 8. The van der Waals surface area contributed by atoms with Gasteiger partial charge < -0.3 is 4.74 Å². The Morgan fingerprint density at radius 3 is 2.69 bits per heavy atom. The number of fused-ring (bicyclic) bond motifs is 1. The van der Waals surface area contributed by atoms with Crippen molar-refractivity contribution < 1.29 is 14.5 Å². The second kappa shape index (κ2) is 7.64. The van der Waals surface area contributed by atoms with Crippen LogP contribution in [0, 0.1) is 17.0 Å². The van der Waals surface area contributed by atoms with Crippen LogP contribution in [0.5, 0.6) is 5.75 Å². The fourth-order valence-electron chi connectivity index (χ4n) is 2.60. The molecule has 3 heterocycles. The molecule has 10 nitrogen and oxygen atoms in total. The summed E-state index contributed by atoms with van der Waals surface area (Å²) in [5, 5.41) is 22.4. The number of benzene rings is 1. The third kappa shape index (κ3) is 4.19. The van der Waals surface area contributed by atoms with E-state index in [1.165, 1.54) is 23.6 Å². The molecule has 0 radical (unpaired) electrons. The molecule has 29 heavy (non-hydrogen) atoms. The molecule has 11 heteroatoms. The van der Waals surface area contributed by atoms with Crippen molar-refractivity contribution in [3.05, 3.63) is 63.9 Å². The van der Waals surface area contributed by atoms with Crippen molar-refractivity contribution >= 4 is 33.7 Å². The van der Waals surface area contributed by atoms with Crippen LogP contribution in [0.15, 0.2) is 48.8 Å². The van der Waals surface area contributed by atoms with Gasteiger partial charge in [0.25, 0.3) is 11.6 Å². The summed E-state index contributed by atoms with van der Waals surface area (Å²) in [5.74, 6) is 0.198. The molecule has 3 aromatic heterocycles. The van der Waals surface area contributed by atoms with E-state index in [-0.39, 0.29) is 18.2 Å². The minimum absolute atomic E-state index is 0.00725. The first kappa shape index (κ1) is 18.5. The Hall–Kier alpha value is -3.86. The molecule has 1 N–H and O–H groups in total. The number of nitrogens with one attached hydrogen (secondary N) is 1. The molecule has 0 unspecified atom stereocenters. The average Bonchev–Trinajstić information content (AvgIpc) is 3.32. The van der Waals surface area contributed by atoms with Gasteiger partial charge in [-0.05, 0) is 37.3 Å². The number of imidazole rings is 1. The molecule has 0 aliphatic heterocycles. The maximum absolute atomic E-state index is 11.9. The van der Waals surface area contributed by atoms with E-state index in [9.17, 15) is 14.9 Å². The largest absolute Gasteiger partial charge is 0.484 e. The molecule has 0 aliphatic rings. The van der Waals surface area contributed by atoms with Gasteiger partial charge in [0.05, 0.1) is 16.8 Å². The number of aryl methyl sites for hydroxylation is 1. The highest BCUT2D eigenvalue weighted by Gasteiger charge is 2.11. The van der Waals surface area contributed by atoms with Gasteiger partial charge in [0.15, 0.2) is 6.61 Å². The molecular formula is C18H14N6O4S. The molecule has 0 spiro atoms. The van der Waals surface area contributed by atoms with Crippen LogP contribution in [0.2, 0.25) is 0 Å². The summed E-state index contributed by atoms with van der Waals surface area (Å²) in [5.41, 5.74) is 2.08. The molecule has 4 rings (SSSR count). The quantitative estimate of drug-likeness (QED) is 0.382. The number of aromatic nitrogens is 4. The Balaban J connectivity index is 1.41.